The first-order valence-electron chi connectivity index (χ1n) is 12.2. The molecule has 2 aliphatic rings. The van der Waals surface area contributed by atoms with Crippen molar-refractivity contribution in [2.75, 3.05) is 32.7 Å². The molecule has 2 bridgehead atoms. The van der Waals surface area contributed by atoms with E-state index in [2.05, 4.69) is 16.9 Å². The van der Waals surface area contributed by atoms with Gasteiger partial charge in [-0.15, -0.1) is 0 Å². The van der Waals surface area contributed by atoms with E-state index in [0.29, 0.717) is 23.7 Å². The van der Waals surface area contributed by atoms with Crippen LogP contribution in [0.4, 0.5) is 5.69 Å². The third-order valence-electron chi connectivity index (χ3n) is 6.90. The molecule has 0 unspecified atom stereocenters. The molecule has 196 valence electrons. The summed E-state index contributed by atoms with van der Waals surface area (Å²) in [6.45, 7) is 0.272. The normalized spacial score (nSPS) is 21.2. The molecule has 1 aliphatic carbocycles. The van der Waals surface area contributed by atoms with Gasteiger partial charge in [0.05, 0.1) is 33.6 Å². The number of carbonyl (C=O) groups is 1. The topological polar surface area (TPSA) is 103 Å². The quantitative estimate of drug-likeness (QED) is 0.337. The van der Waals surface area contributed by atoms with Gasteiger partial charge < -0.3 is 18.9 Å². The number of esters is 1. The van der Waals surface area contributed by atoms with Crippen molar-refractivity contribution < 1.29 is 32.2 Å². The van der Waals surface area contributed by atoms with E-state index >= 15 is 0 Å². The second-order valence-electron chi connectivity index (χ2n) is 9.13. The predicted octanol–water partition coefficient (Wildman–Crippen LogP) is 3.79. The van der Waals surface area contributed by atoms with Crippen LogP contribution < -0.4 is 18.9 Å². The minimum absolute atomic E-state index is 0.0386. The lowest BCUT2D eigenvalue weighted by molar-refractivity contribution is -0.149. The molecule has 10 heteroatoms. The van der Waals surface area contributed by atoms with E-state index < -0.39 is 22.2 Å². The van der Waals surface area contributed by atoms with Gasteiger partial charge in [-0.1, -0.05) is 30.3 Å². The van der Waals surface area contributed by atoms with Crippen LogP contribution in [0.1, 0.15) is 37.7 Å². The van der Waals surface area contributed by atoms with Crippen LogP contribution in [0.2, 0.25) is 0 Å². The molecule has 1 saturated heterocycles. The standard InChI is InChI=1S/C26H34N2O7S/c1-32-22-16-20(17-23(33-2)25(22)34-3)27-36(30,31)28-21-13-12-19(15-21)24(28)26(29)35-14-8-7-11-18-9-5-4-6-10-18/h4-6,9-10,16-17,19,21,24,27H,7-8,11-15H2,1-3H3/t19-,21+,24+/m1/s1. The maximum atomic E-state index is 13.5. The van der Waals surface area contributed by atoms with Crippen molar-refractivity contribution in [3.05, 3.63) is 48.0 Å². The summed E-state index contributed by atoms with van der Waals surface area (Å²) in [6.07, 6.45) is 4.71. The number of nitrogens with one attached hydrogen (secondary N) is 1. The Morgan fingerprint density at radius 1 is 1.00 bits per heavy atom. The number of aryl methyl sites for hydroxylation is 1. The van der Waals surface area contributed by atoms with Crippen molar-refractivity contribution in [2.45, 2.75) is 50.6 Å². The molecular formula is C26H34N2O7S. The number of rotatable bonds is 12. The fourth-order valence-electron chi connectivity index (χ4n) is 5.26. The van der Waals surface area contributed by atoms with Gasteiger partial charge in [0.25, 0.3) is 0 Å². The number of hydrogen-bond acceptors (Lipinski definition) is 7. The molecule has 9 nitrogen and oxygen atoms in total. The third kappa shape index (κ3) is 5.54. The first kappa shape index (κ1) is 26.1. The summed E-state index contributed by atoms with van der Waals surface area (Å²) < 4.78 is 52.4. The molecule has 2 aromatic carbocycles. The van der Waals surface area contributed by atoms with E-state index in [1.54, 1.807) is 0 Å². The Bertz CT molecular complexity index is 1130. The van der Waals surface area contributed by atoms with Gasteiger partial charge in [0.15, 0.2) is 11.5 Å². The van der Waals surface area contributed by atoms with Crippen LogP contribution in [0.25, 0.3) is 0 Å². The molecule has 36 heavy (non-hydrogen) atoms. The molecule has 1 N–H and O–H groups in total. The lowest BCUT2D eigenvalue weighted by atomic mass is 10.0. The summed E-state index contributed by atoms with van der Waals surface area (Å²) in [5.41, 5.74) is 1.49. The molecule has 4 rings (SSSR count). The van der Waals surface area contributed by atoms with E-state index in [0.717, 1.165) is 32.1 Å². The van der Waals surface area contributed by atoms with Crippen LogP contribution >= 0.6 is 0 Å². The highest BCUT2D eigenvalue weighted by Gasteiger charge is 2.55. The molecule has 2 fully saturated rings. The van der Waals surface area contributed by atoms with E-state index in [-0.39, 0.29) is 24.3 Å². The molecule has 0 spiro atoms. The Hall–Kier alpha value is -2.98. The number of fused-ring (bicyclic) bond motifs is 2. The van der Waals surface area contributed by atoms with E-state index in [1.165, 1.54) is 43.3 Å². The van der Waals surface area contributed by atoms with Crippen LogP contribution in [0, 0.1) is 5.92 Å². The molecule has 1 saturated carbocycles. The minimum Gasteiger partial charge on any atom is -0.493 e. The molecule has 0 aromatic heterocycles. The lowest BCUT2D eigenvalue weighted by Crippen LogP contribution is -2.51. The fourth-order valence-corrected chi connectivity index (χ4v) is 6.92. The van der Waals surface area contributed by atoms with Crippen LogP contribution in [0.3, 0.4) is 0 Å². The number of ether oxygens (including phenoxy) is 4. The van der Waals surface area contributed by atoms with E-state index in [4.69, 9.17) is 18.9 Å². The van der Waals surface area contributed by atoms with Crippen molar-refractivity contribution in [3.8, 4) is 17.2 Å². The van der Waals surface area contributed by atoms with Gasteiger partial charge in [-0.25, -0.2) is 0 Å². The first-order valence-corrected chi connectivity index (χ1v) is 13.6. The van der Waals surface area contributed by atoms with Crippen LogP contribution in [0.15, 0.2) is 42.5 Å². The smallest absolute Gasteiger partial charge is 0.324 e. The number of hydrogen-bond donors (Lipinski definition) is 1. The third-order valence-corrected chi connectivity index (χ3v) is 8.48. The van der Waals surface area contributed by atoms with Gasteiger partial charge in [0.2, 0.25) is 5.75 Å². The van der Waals surface area contributed by atoms with Crippen LogP contribution in [0.5, 0.6) is 17.2 Å². The lowest BCUT2D eigenvalue weighted by Gasteiger charge is -2.32. The van der Waals surface area contributed by atoms with Gasteiger partial charge in [-0.3, -0.25) is 9.52 Å². The zero-order valence-corrected chi connectivity index (χ0v) is 21.8. The average molecular weight is 519 g/mol. The largest absolute Gasteiger partial charge is 0.493 e. The summed E-state index contributed by atoms with van der Waals surface area (Å²) in [7, 11) is 0.345. The van der Waals surface area contributed by atoms with Gasteiger partial charge in [-0.05, 0) is 50.0 Å². The predicted molar refractivity (Wildman–Crippen MR) is 136 cm³/mol. The summed E-state index contributed by atoms with van der Waals surface area (Å²) in [4.78, 5) is 13.0. The SMILES string of the molecule is COc1cc(NS(=O)(=O)N2[C@H]3CC[C@H](C3)[C@H]2C(=O)OCCCCc2ccccc2)cc(OC)c1OC. The number of anilines is 1. The molecule has 0 amide bonds. The van der Waals surface area contributed by atoms with Gasteiger partial charge in [0.1, 0.15) is 6.04 Å². The average Bonchev–Trinajstić information content (AvgIpc) is 3.50. The second-order valence-corrected chi connectivity index (χ2v) is 10.7. The highest BCUT2D eigenvalue weighted by Crippen LogP contribution is 2.45. The summed E-state index contributed by atoms with van der Waals surface area (Å²) in [5, 5.41) is 0. The van der Waals surface area contributed by atoms with Crippen molar-refractivity contribution in [2.24, 2.45) is 5.92 Å². The Balaban J connectivity index is 1.42. The number of benzene rings is 2. The van der Waals surface area contributed by atoms with E-state index in [1.807, 2.05) is 18.2 Å². The van der Waals surface area contributed by atoms with Gasteiger partial charge >= 0.3 is 16.2 Å². The maximum absolute atomic E-state index is 13.5. The first-order chi connectivity index (χ1) is 17.4. The molecular weight excluding hydrogens is 484 g/mol. The number of carbonyl (C=O) groups excluding carboxylic acids is 1. The van der Waals surface area contributed by atoms with Crippen molar-refractivity contribution in [1.29, 1.82) is 0 Å². The fraction of sp³-hybridized carbons (Fsp3) is 0.500. The van der Waals surface area contributed by atoms with Crippen molar-refractivity contribution in [1.82, 2.24) is 4.31 Å². The van der Waals surface area contributed by atoms with Crippen LogP contribution in [-0.4, -0.2) is 58.7 Å². The Morgan fingerprint density at radius 3 is 2.33 bits per heavy atom. The Morgan fingerprint density at radius 2 is 1.69 bits per heavy atom. The molecule has 0 radical (unpaired) electrons. The number of piperidine rings is 1. The highest BCUT2D eigenvalue weighted by molar-refractivity contribution is 7.90. The minimum atomic E-state index is -4.05. The number of nitrogens with zero attached hydrogens (tertiary/aromatic N) is 1. The molecule has 1 heterocycles. The summed E-state index contributed by atoms with van der Waals surface area (Å²) >= 11 is 0. The number of unbranched alkanes of at least 4 members (excludes halogenated alkanes) is 1. The molecule has 2 aromatic rings. The summed E-state index contributed by atoms with van der Waals surface area (Å²) in [6, 6.07) is 12.1. The zero-order valence-electron chi connectivity index (χ0n) is 20.9. The van der Waals surface area contributed by atoms with Gasteiger partial charge in [-0.2, -0.15) is 12.7 Å². The maximum Gasteiger partial charge on any atom is 0.324 e. The zero-order chi connectivity index (χ0) is 25.7. The highest BCUT2D eigenvalue weighted by atomic mass is 32.2. The Labute approximate surface area is 212 Å². The second kappa shape index (κ2) is 11.4. The van der Waals surface area contributed by atoms with E-state index in [9.17, 15) is 13.2 Å². The monoisotopic (exact) mass is 518 g/mol. The van der Waals surface area contributed by atoms with Gasteiger partial charge in [0, 0.05) is 18.2 Å². The van der Waals surface area contributed by atoms with Crippen molar-refractivity contribution in [3.63, 3.8) is 0 Å². The molecule has 1 aliphatic heterocycles. The summed E-state index contributed by atoms with van der Waals surface area (Å²) in [5.74, 6) is 0.491. The van der Waals surface area contributed by atoms with Crippen LogP contribution in [-0.2, 0) is 26.2 Å². The van der Waals surface area contributed by atoms with Crippen molar-refractivity contribution >= 4 is 21.9 Å². The molecule has 3 atom stereocenters. The Kier molecular flexibility index (Phi) is 8.25. The number of methoxy groups -OCH3 is 3.